The van der Waals surface area contributed by atoms with Gasteiger partial charge >= 0.3 is 5.97 Å². The molecule has 1 amide bonds. The Morgan fingerprint density at radius 3 is 2.37 bits per heavy atom. The van der Waals surface area contributed by atoms with E-state index in [0.29, 0.717) is 11.5 Å². The summed E-state index contributed by atoms with van der Waals surface area (Å²) in [6, 6.07) is 8.95. The van der Waals surface area contributed by atoms with Crippen LogP contribution in [0.25, 0.3) is 0 Å². The van der Waals surface area contributed by atoms with Crippen LogP contribution >= 0.6 is 0 Å². The molecular formula is C23H27NO6. The van der Waals surface area contributed by atoms with E-state index in [0.717, 1.165) is 25.0 Å². The molecule has 1 atom stereocenters. The van der Waals surface area contributed by atoms with Gasteiger partial charge in [0.1, 0.15) is 5.75 Å². The van der Waals surface area contributed by atoms with Crippen molar-refractivity contribution in [3.05, 3.63) is 47.0 Å². The molecule has 0 bridgehead atoms. The fourth-order valence-corrected chi connectivity index (χ4v) is 3.60. The first-order valence-corrected chi connectivity index (χ1v) is 9.91. The molecular weight excluding hydrogens is 386 g/mol. The molecule has 7 heteroatoms. The Morgan fingerprint density at radius 2 is 1.67 bits per heavy atom. The van der Waals surface area contributed by atoms with Gasteiger partial charge in [0.05, 0.1) is 32.6 Å². The number of nitrogens with one attached hydrogen (secondary N) is 1. The maximum atomic E-state index is 12.8. The fraction of sp³-hybridized carbons (Fsp3) is 0.391. The summed E-state index contributed by atoms with van der Waals surface area (Å²) in [4.78, 5) is 25.0. The van der Waals surface area contributed by atoms with E-state index < -0.39 is 12.1 Å². The highest BCUT2D eigenvalue weighted by molar-refractivity contribution is 6.03. The van der Waals surface area contributed by atoms with E-state index >= 15 is 0 Å². The second-order valence-corrected chi connectivity index (χ2v) is 7.09. The number of ether oxygens (including phenoxy) is 4. The van der Waals surface area contributed by atoms with Crippen molar-refractivity contribution < 1.29 is 28.5 Å². The number of carbonyl (C=O) groups excluding carboxylic acids is 2. The molecule has 0 saturated heterocycles. The van der Waals surface area contributed by atoms with Crippen molar-refractivity contribution in [2.45, 2.75) is 38.7 Å². The van der Waals surface area contributed by atoms with Crippen molar-refractivity contribution in [2.24, 2.45) is 0 Å². The molecule has 0 aromatic heterocycles. The van der Waals surface area contributed by atoms with Gasteiger partial charge in [0.25, 0.3) is 5.91 Å². The minimum Gasteiger partial charge on any atom is -0.493 e. The molecule has 0 fully saturated rings. The Hall–Kier alpha value is -3.22. The molecule has 2 aromatic carbocycles. The van der Waals surface area contributed by atoms with Gasteiger partial charge in [-0.25, -0.2) is 4.79 Å². The molecule has 7 nitrogen and oxygen atoms in total. The van der Waals surface area contributed by atoms with Crippen LogP contribution in [0.15, 0.2) is 30.3 Å². The third-order valence-electron chi connectivity index (χ3n) is 5.21. The number of benzene rings is 2. The number of aryl methyl sites for hydroxylation is 1. The highest BCUT2D eigenvalue weighted by Crippen LogP contribution is 2.34. The van der Waals surface area contributed by atoms with Crippen LogP contribution in [0.2, 0.25) is 0 Å². The van der Waals surface area contributed by atoms with Gasteiger partial charge in [-0.05, 0) is 49.8 Å². The SMILES string of the molecule is COC(=O)c1cc(OC)c(OC)cc1NC(=O)[C@H](C)Oc1cccc2c1CCCC2. The molecule has 0 spiro atoms. The Bertz CT molecular complexity index is 940. The summed E-state index contributed by atoms with van der Waals surface area (Å²) in [6.07, 6.45) is 3.49. The first-order valence-electron chi connectivity index (χ1n) is 9.91. The van der Waals surface area contributed by atoms with Crippen molar-refractivity contribution in [1.29, 1.82) is 0 Å². The molecule has 1 aliphatic rings. The summed E-state index contributed by atoms with van der Waals surface area (Å²) >= 11 is 0. The molecule has 3 rings (SSSR count). The van der Waals surface area contributed by atoms with Crippen LogP contribution in [0.5, 0.6) is 17.2 Å². The van der Waals surface area contributed by atoms with E-state index in [1.165, 1.54) is 51.0 Å². The van der Waals surface area contributed by atoms with E-state index in [4.69, 9.17) is 18.9 Å². The maximum Gasteiger partial charge on any atom is 0.340 e. The lowest BCUT2D eigenvalue weighted by Gasteiger charge is -2.22. The Balaban J connectivity index is 1.82. The predicted molar refractivity (Wildman–Crippen MR) is 113 cm³/mol. The molecule has 1 aliphatic carbocycles. The summed E-state index contributed by atoms with van der Waals surface area (Å²) in [5.74, 6) is 0.482. The van der Waals surface area contributed by atoms with Gasteiger partial charge in [-0.15, -0.1) is 0 Å². The van der Waals surface area contributed by atoms with Crippen LogP contribution in [0, 0.1) is 0 Å². The number of carbonyl (C=O) groups is 2. The average molecular weight is 413 g/mol. The van der Waals surface area contributed by atoms with E-state index in [2.05, 4.69) is 11.4 Å². The maximum absolute atomic E-state index is 12.8. The Kier molecular flexibility index (Phi) is 6.82. The number of anilines is 1. The number of rotatable bonds is 7. The molecule has 0 radical (unpaired) electrons. The van der Waals surface area contributed by atoms with Gasteiger partial charge in [-0.1, -0.05) is 12.1 Å². The quantitative estimate of drug-likeness (QED) is 0.696. The predicted octanol–water partition coefficient (Wildman–Crippen LogP) is 3.78. The number of hydrogen-bond donors (Lipinski definition) is 1. The summed E-state index contributed by atoms with van der Waals surface area (Å²) in [6.45, 7) is 1.68. The van der Waals surface area contributed by atoms with Gasteiger partial charge in [-0.3, -0.25) is 4.79 Å². The highest BCUT2D eigenvalue weighted by atomic mass is 16.5. The van der Waals surface area contributed by atoms with Gasteiger partial charge < -0.3 is 24.3 Å². The largest absolute Gasteiger partial charge is 0.493 e. The Morgan fingerprint density at radius 1 is 0.967 bits per heavy atom. The smallest absolute Gasteiger partial charge is 0.340 e. The van der Waals surface area contributed by atoms with Crippen LogP contribution in [-0.2, 0) is 22.4 Å². The second kappa shape index (κ2) is 9.52. The van der Waals surface area contributed by atoms with E-state index in [1.807, 2.05) is 12.1 Å². The van der Waals surface area contributed by atoms with Crippen molar-refractivity contribution >= 4 is 17.6 Å². The molecule has 1 N–H and O–H groups in total. The minimum absolute atomic E-state index is 0.160. The first-order chi connectivity index (χ1) is 14.5. The molecule has 0 saturated carbocycles. The molecule has 2 aromatic rings. The molecule has 0 aliphatic heterocycles. The molecule has 160 valence electrons. The number of amides is 1. The van der Waals surface area contributed by atoms with Crippen LogP contribution < -0.4 is 19.5 Å². The number of fused-ring (bicyclic) bond motifs is 1. The molecule has 30 heavy (non-hydrogen) atoms. The topological polar surface area (TPSA) is 83.1 Å². The van der Waals surface area contributed by atoms with Gasteiger partial charge in [0, 0.05) is 12.1 Å². The van der Waals surface area contributed by atoms with Gasteiger partial charge in [0.2, 0.25) is 0 Å². The molecule has 0 unspecified atom stereocenters. The minimum atomic E-state index is -0.767. The number of methoxy groups -OCH3 is 3. The third-order valence-corrected chi connectivity index (χ3v) is 5.21. The van der Waals surface area contributed by atoms with Gasteiger partial charge in [0.15, 0.2) is 17.6 Å². The van der Waals surface area contributed by atoms with Crippen LogP contribution in [0.3, 0.4) is 0 Å². The van der Waals surface area contributed by atoms with Gasteiger partial charge in [-0.2, -0.15) is 0 Å². The summed E-state index contributed by atoms with van der Waals surface area (Å²) in [5, 5.41) is 2.75. The second-order valence-electron chi connectivity index (χ2n) is 7.09. The number of esters is 1. The fourth-order valence-electron chi connectivity index (χ4n) is 3.60. The summed E-state index contributed by atoms with van der Waals surface area (Å²) in [5.41, 5.74) is 2.87. The first kappa shape index (κ1) is 21.5. The zero-order valence-corrected chi connectivity index (χ0v) is 17.7. The lowest BCUT2D eigenvalue weighted by molar-refractivity contribution is -0.122. The molecule has 0 heterocycles. The van der Waals surface area contributed by atoms with Crippen molar-refractivity contribution in [3.8, 4) is 17.2 Å². The monoisotopic (exact) mass is 413 g/mol. The highest BCUT2D eigenvalue weighted by Gasteiger charge is 2.23. The zero-order chi connectivity index (χ0) is 21.7. The lowest BCUT2D eigenvalue weighted by atomic mass is 9.91. The standard InChI is InChI=1S/C23H27NO6/c1-14(30-19-11-7-9-15-8-5-6-10-16(15)19)22(25)24-18-13-21(28-3)20(27-2)12-17(18)23(26)29-4/h7,9,11-14H,5-6,8,10H2,1-4H3,(H,24,25)/t14-/m0/s1. The van der Waals surface area contributed by atoms with Crippen LogP contribution in [0.4, 0.5) is 5.69 Å². The van der Waals surface area contributed by atoms with E-state index in [1.54, 1.807) is 6.92 Å². The summed E-state index contributed by atoms with van der Waals surface area (Å²) < 4.78 is 21.3. The number of hydrogen-bond acceptors (Lipinski definition) is 6. The zero-order valence-electron chi connectivity index (χ0n) is 17.7. The summed E-state index contributed by atoms with van der Waals surface area (Å²) in [7, 11) is 4.22. The normalized spacial score (nSPS) is 13.6. The average Bonchev–Trinajstić information content (AvgIpc) is 2.78. The van der Waals surface area contributed by atoms with Crippen molar-refractivity contribution in [1.82, 2.24) is 0 Å². The van der Waals surface area contributed by atoms with E-state index in [9.17, 15) is 9.59 Å². The van der Waals surface area contributed by atoms with Crippen molar-refractivity contribution in [2.75, 3.05) is 26.6 Å². The van der Waals surface area contributed by atoms with Crippen molar-refractivity contribution in [3.63, 3.8) is 0 Å². The van der Waals surface area contributed by atoms with E-state index in [-0.39, 0.29) is 17.2 Å². The van der Waals surface area contributed by atoms with Crippen LogP contribution in [0.1, 0.15) is 41.3 Å². The van der Waals surface area contributed by atoms with Crippen LogP contribution in [-0.4, -0.2) is 39.3 Å². The lowest BCUT2D eigenvalue weighted by Crippen LogP contribution is -2.31. The third kappa shape index (κ3) is 4.50. The Labute approximate surface area is 176 Å².